The zero-order chi connectivity index (χ0) is 6.20. The number of hydrogen-bond acceptors (Lipinski definition) is 2. The van der Waals surface area contributed by atoms with Gasteiger partial charge in [0.25, 0.3) is 0 Å². The lowest BCUT2D eigenvalue weighted by atomic mass is 10.3. The molecule has 0 aromatic rings. The lowest BCUT2D eigenvalue weighted by molar-refractivity contribution is -0.0145. The summed E-state index contributed by atoms with van der Waals surface area (Å²) in [6, 6.07) is 0. The van der Waals surface area contributed by atoms with Crippen LogP contribution in [0.3, 0.4) is 0 Å². The van der Waals surface area contributed by atoms with Gasteiger partial charge in [0.2, 0.25) is 0 Å². The molecule has 1 rings (SSSR count). The quantitative estimate of drug-likeness (QED) is 0.463. The Balaban J connectivity index is 2.54. The topological polar surface area (TPSA) is 12.5 Å². The van der Waals surface area contributed by atoms with Crippen LogP contribution in [0.5, 0.6) is 0 Å². The molecule has 0 amide bonds. The van der Waals surface area contributed by atoms with Gasteiger partial charge in [0.05, 0.1) is 6.61 Å². The molecule has 1 aliphatic rings. The molecule has 0 unspecified atom stereocenters. The molecule has 1 aliphatic heterocycles. The van der Waals surface area contributed by atoms with Crippen LogP contribution < -0.4 is 0 Å². The van der Waals surface area contributed by atoms with E-state index in [-0.39, 0.29) is 5.72 Å². The average Bonchev–Trinajstić information content (AvgIpc) is 1.86. The molecule has 0 N–H and O–H groups in total. The van der Waals surface area contributed by atoms with Gasteiger partial charge in [-0.3, -0.25) is 0 Å². The molecule has 0 aromatic carbocycles. The minimum absolute atomic E-state index is 0.248. The van der Waals surface area contributed by atoms with Gasteiger partial charge in [-0.2, -0.15) is 4.42 Å². The number of halogens is 1. The third-order valence-electron chi connectivity index (χ3n) is 1.33. The van der Waals surface area contributed by atoms with Crippen LogP contribution >= 0.6 is 11.8 Å². The molecular formula is C5H10ClNO. The van der Waals surface area contributed by atoms with Gasteiger partial charge in [-0.25, -0.2) is 0 Å². The van der Waals surface area contributed by atoms with E-state index in [0.29, 0.717) is 0 Å². The maximum atomic E-state index is 5.71. The SMILES string of the molecule is CC1(C)OCCN1Cl. The molecular weight excluding hydrogens is 126 g/mol. The van der Waals surface area contributed by atoms with Gasteiger partial charge < -0.3 is 4.74 Å². The molecule has 0 saturated carbocycles. The molecule has 0 bridgehead atoms. The van der Waals surface area contributed by atoms with Gasteiger partial charge in [-0.15, -0.1) is 0 Å². The standard InChI is InChI=1S/C5H10ClNO/c1-5(2)7(6)3-4-8-5/h3-4H2,1-2H3. The first-order valence-electron chi connectivity index (χ1n) is 2.70. The smallest absolute Gasteiger partial charge is 0.129 e. The van der Waals surface area contributed by atoms with E-state index in [1.54, 1.807) is 4.42 Å². The van der Waals surface area contributed by atoms with E-state index in [0.717, 1.165) is 13.2 Å². The maximum absolute atomic E-state index is 5.71. The minimum Gasteiger partial charge on any atom is -0.358 e. The summed E-state index contributed by atoms with van der Waals surface area (Å²) < 4.78 is 6.92. The molecule has 0 radical (unpaired) electrons. The fourth-order valence-corrected chi connectivity index (χ4v) is 0.833. The summed E-state index contributed by atoms with van der Waals surface area (Å²) in [7, 11) is 0. The lowest BCUT2D eigenvalue weighted by Gasteiger charge is -2.22. The van der Waals surface area contributed by atoms with Crippen molar-refractivity contribution < 1.29 is 4.74 Å². The van der Waals surface area contributed by atoms with Crippen LogP contribution in [-0.4, -0.2) is 23.3 Å². The fourth-order valence-electron chi connectivity index (χ4n) is 0.715. The Morgan fingerprint density at radius 1 is 1.62 bits per heavy atom. The zero-order valence-electron chi connectivity index (χ0n) is 5.15. The van der Waals surface area contributed by atoms with Crippen molar-refractivity contribution >= 4 is 11.8 Å². The maximum Gasteiger partial charge on any atom is 0.129 e. The van der Waals surface area contributed by atoms with Gasteiger partial charge in [0.15, 0.2) is 0 Å². The summed E-state index contributed by atoms with van der Waals surface area (Å²) >= 11 is 5.71. The van der Waals surface area contributed by atoms with Crippen molar-refractivity contribution in [3.63, 3.8) is 0 Å². The Bertz CT molecular complexity index is 94.4. The monoisotopic (exact) mass is 135 g/mol. The highest BCUT2D eigenvalue weighted by atomic mass is 35.5. The fraction of sp³-hybridized carbons (Fsp3) is 1.00. The summed E-state index contributed by atoms with van der Waals surface area (Å²) in [5, 5.41) is 0. The Morgan fingerprint density at radius 2 is 2.25 bits per heavy atom. The normalized spacial score (nSPS) is 28.9. The van der Waals surface area contributed by atoms with Crippen LogP contribution in [-0.2, 0) is 4.74 Å². The molecule has 3 heteroatoms. The molecule has 1 fully saturated rings. The van der Waals surface area contributed by atoms with Gasteiger partial charge in [0, 0.05) is 6.54 Å². The van der Waals surface area contributed by atoms with E-state index in [4.69, 9.17) is 16.5 Å². The highest BCUT2D eigenvalue weighted by Crippen LogP contribution is 2.23. The van der Waals surface area contributed by atoms with Crippen molar-refractivity contribution in [1.29, 1.82) is 0 Å². The van der Waals surface area contributed by atoms with Crippen LogP contribution in [0.1, 0.15) is 13.8 Å². The van der Waals surface area contributed by atoms with E-state index in [1.807, 2.05) is 13.8 Å². The summed E-state index contributed by atoms with van der Waals surface area (Å²) in [5.41, 5.74) is -0.248. The Morgan fingerprint density at radius 3 is 2.38 bits per heavy atom. The second-order valence-corrected chi connectivity index (χ2v) is 2.79. The van der Waals surface area contributed by atoms with Crippen molar-refractivity contribution in [2.24, 2.45) is 0 Å². The van der Waals surface area contributed by atoms with Crippen LogP contribution in [0.4, 0.5) is 0 Å². The summed E-state index contributed by atoms with van der Waals surface area (Å²) in [4.78, 5) is 0. The number of ether oxygens (including phenoxy) is 1. The molecule has 8 heavy (non-hydrogen) atoms. The third kappa shape index (κ3) is 0.966. The highest BCUT2D eigenvalue weighted by molar-refractivity contribution is 6.13. The van der Waals surface area contributed by atoms with Crippen molar-refractivity contribution in [3.05, 3.63) is 0 Å². The zero-order valence-corrected chi connectivity index (χ0v) is 5.90. The minimum atomic E-state index is -0.248. The first-order chi connectivity index (χ1) is 3.63. The van der Waals surface area contributed by atoms with Gasteiger partial charge in [-0.05, 0) is 25.6 Å². The molecule has 1 heterocycles. The van der Waals surface area contributed by atoms with Crippen LogP contribution in [0.2, 0.25) is 0 Å². The number of nitrogens with zero attached hydrogens (tertiary/aromatic N) is 1. The van der Waals surface area contributed by atoms with Crippen LogP contribution in [0.25, 0.3) is 0 Å². The average molecular weight is 136 g/mol. The second-order valence-electron chi connectivity index (χ2n) is 2.38. The van der Waals surface area contributed by atoms with E-state index < -0.39 is 0 Å². The first kappa shape index (κ1) is 6.33. The Labute approximate surface area is 54.5 Å². The van der Waals surface area contributed by atoms with Crippen LogP contribution in [0.15, 0.2) is 0 Å². The summed E-state index contributed by atoms with van der Waals surface area (Å²) in [5.74, 6) is 0. The van der Waals surface area contributed by atoms with E-state index in [1.165, 1.54) is 0 Å². The number of rotatable bonds is 0. The van der Waals surface area contributed by atoms with Crippen molar-refractivity contribution in [1.82, 2.24) is 4.42 Å². The van der Waals surface area contributed by atoms with Gasteiger partial charge in [-0.1, -0.05) is 0 Å². The van der Waals surface area contributed by atoms with E-state index >= 15 is 0 Å². The molecule has 1 saturated heterocycles. The van der Waals surface area contributed by atoms with E-state index in [9.17, 15) is 0 Å². The lowest BCUT2D eigenvalue weighted by Crippen LogP contribution is -2.31. The Hall–Kier alpha value is 0.210. The summed E-state index contributed by atoms with van der Waals surface area (Å²) in [6.07, 6.45) is 0. The molecule has 48 valence electrons. The molecule has 2 nitrogen and oxygen atoms in total. The largest absolute Gasteiger partial charge is 0.358 e. The molecule has 0 spiro atoms. The summed E-state index contributed by atoms with van der Waals surface area (Å²) in [6.45, 7) is 5.48. The van der Waals surface area contributed by atoms with E-state index in [2.05, 4.69) is 0 Å². The van der Waals surface area contributed by atoms with Crippen molar-refractivity contribution in [2.45, 2.75) is 19.6 Å². The number of hydrogen-bond donors (Lipinski definition) is 0. The Kier molecular flexibility index (Phi) is 1.48. The van der Waals surface area contributed by atoms with Crippen molar-refractivity contribution in [2.75, 3.05) is 13.2 Å². The van der Waals surface area contributed by atoms with Crippen LogP contribution in [0, 0.1) is 0 Å². The molecule has 0 aliphatic carbocycles. The third-order valence-corrected chi connectivity index (χ3v) is 1.90. The molecule has 0 atom stereocenters. The van der Waals surface area contributed by atoms with Crippen molar-refractivity contribution in [3.8, 4) is 0 Å². The second kappa shape index (κ2) is 1.87. The highest BCUT2D eigenvalue weighted by Gasteiger charge is 2.31. The van der Waals surface area contributed by atoms with Gasteiger partial charge >= 0.3 is 0 Å². The predicted molar refractivity (Wildman–Crippen MR) is 32.6 cm³/mol. The predicted octanol–water partition coefficient (Wildman–Crippen LogP) is 1.21. The molecule has 0 aromatic heterocycles. The first-order valence-corrected chi connectivity index (χ1v) is 3.04. The van der Waals surface area contributed by atoms with Gasteiger partial charge in [0.1, 0.15) is 5.72 Å².